The first kappa shape index (κ1) is 16.1. The maximum Gasteiger partial charge on any atom is 0.339 e. The SMILES string of the molecule is O=C1O[C@H](c2c(O)n(C3CCCCC3)c(=S)[nH]c2=O)c2ccccc21. The van der Waals surface area contributed by atoms with E-state index < -0.39 is 17.6 Å². The fraction of sp³-hybridized carbons (Fsp3) is 0.389. The highest BCUT2D eigenvalue weighted by Crippen LogP contribution is 2.39. The molecule has 1 fully saturated rings. The van der Waals surface area contributed by atoms with Crippen molar-refractivity contribution in [1.82, 2.24) is 9.55 Å². The minimum absolute atomic E-state index is 0.0393. The lowest BCUT2D eigenvalue weighted by Gasteiger charge is -2.26. The maximum atomic E-state index is 12.5. The minimum atomic E-state index is -0.919. The van der Waals surface area contributed by atoms with Crippen LogP contribution in [0.1, 0.15) is 65.7 Å². The van der Waals surface area contributed by atoms with E-state index in [1.807, 2.05) is 0 Å². The molecule has 6 nitrogen and oxygen atoms in total. The summed E-state index contributed by atoms with van der Waals surface area (Å²) in [5.41, 5.74) is 0.514. The van der Waals surface area contributed by atoms with Crippen LogP contribution in [0.25, 0.3) is 0 Å². The molecule has 1 aliphatic heterocycles. The van der Waals surface area contributed by atoms with Crippen molar-refractivity contribution in [2.45, 2.75) is 44.2 Å². The number of nitrogens with one attached hydrogen (secondary N) is 1. The molecule has 2 heterocycles. The van der Waals surface area contributed by atoms with Crippen molar-refractivity contribution in [3.63, 3.8) is 0 Å². The van der Waals surface area contributed by atoms with Gasteiger partial charge in [0, 0.05) is 11.6 Å². The van der Waals surface area contributed by atoms with Crippen molar-refractivity contribution >= 4 is 18.2 Å². The van der Waals surface area contributed by atoms with Gasteiger partial charge < -0.3 is 9.84 Å². The smallest absolute Gasteiger partial charge is 0.339 e. The Labute approximate surface area is 149 Å². The standard InChI is InChI=1S/C18H18N2O4S/c21-15-13(14-11-8-4-5-9-12(11)17(23)24-14)16(22)20(18(25)19-15)10-6-2-1-3-7-10/h4-5,8-10,14,22H,1-3,6-7H2,(H,19,21,25)/t14-/m0/s1. The van der Waals surface area contributed by atoms with Crippen molar-refractivity contribution in [2.24, 2.45) is 0 Å². The van der Waals surface area contributed by atoms with Gasteiger partial charge >= 0.3 is 5.97 Å². The highest BCUT2D eigenvalue weighted by atomic mass is 32.1. The highest BCUT2D eigenvalue weighted by molar-refractivity contribution is 7.71. The molecule has 2 aromatic rings. The second-order valence-corrected chi connectivity index (χ2v) is 6.92. The number of aromatic amines is 1. The average Bonchev–Trinajstić information content (AvgIpc) is 2.93. The Hall–Kier alpha value is -2.41. The van der Waals surface area contributed by atoms with Gasteiger partial charge in [-0.3, -0.25) is 14.3 Å². The third-order valence-electron chi connectivity index (χ3n) is 5.04. The van der Waals surface area contributed by atoms with Crippen molar-refractivity contribution in [3.8, 4) is 5.88 Å². The van der Waals surface area contributed by atoms with Crippen LogP contribution in [0.5, 0.6) is 5.88 Å². The number of ether oxygens (including phenoxy) is 1. The summed E-state index contributed by atoms with van der Waals surface area (Å²) in [7, 11) is 0. The first-order valence-electron chi connectivity index (χ1n) is 8.45. The fourth-order valence-corrected chi connectivity index (χ4v) is 4.15. The second kappa shape index (κ2) is 6.15. The van der Waals surface area contributed by atoms with Crippen molar-refractivity contribution < 1.29 is 14.6 Å². The molecule has 0 bridgehead atoms. The Bertz CT molecular complexity index is 956. The van der Waals surface area contributed by atoms with Crippen LogP contribution in [0.4, 0.5) is 0 Å². The Morgan fingerprint density at radius 3 is 2.64 bits per heavy atom. The molecule has 2 aliphatic rings. The molecule has 130 valence electrons. The summed E-state index contributed by atoms with van der Waals surface area (Å²) in [6.45, 7) is 0. The quantitative estimate of drug-likeness (QED) is 0.635. The van der Waals surface area contributed by atoms with Gasteiger partial charge in [0.25, 0.3) is 5.56 Å². The Kier molecular flexibility index (Phi) is 3.95. The van der Waals surface area contributed by atoms with Gasteiger partial charge in [-0.25, -0.2) is 4.79 Å². The van der Waals surface area contributed by atoms with Gasteiger partial charge in [0.15, 0.2) is 10.9 Å². The maximum absolute atomic E-state index is 12.5. The number of benzene rings is 1. The first-order chi connectivity index (χ1) is 12.1. The van der Waals surface area contributed by atoms with Crippen LogP contribution in [0.2, 0.25) is 0 Å². The third-order valence-corrected chi connectivity index (χ3v) is 5.34. The summed E-state index contributed by atoms with van der Waals surface area (Å²) < 4.78 is 7.21. The van der Waals surface area contributed by atoms with E-state index in [1.54, 1.807) is 28.8 Å². The van der Waals surface area contributed by atoms with Gasteiger partial charge in [-0.05, 0) is 31.1 Å². The number of cyclic esters (lactones) is 1. The lowest BCUT2D eigenvalue weighted by molar-refractivity contribution is 0.0448. The van der Waals surface area contributed by atoms with Gasteiger partial charge in [0.1, 0.15) is 5.56 Å². The lowest BCUT2D eigenvalue weighted by atomic mass is 9.95. The van der Waals surface area contributed by atoms with E-state index in [2.05, 4.69) is 4.98 Å². The van der Waals surface area contributed by atoms with Crippen LogP contribution >= 0.6 is 12.2 Å². The summed E-state index contributed by atoms with van der Waals surface area (Å²) in [6, 6.07) is 6.94. The average molecular weight is 358 g/mol. The monoisotopic (exact) mass is 358 g/mol. The number of carbonyl (C=O) groups excluding carboxylic acids is 1. The molecule has 4 rings (SSSR count). The molecule has 0 amide bonds. The number of H-pyrrole nitrogens is 1. The van der Waals surface area contributed by atoms with Crippen molar-refractivity contribution in [2.75, 3.05) is 0 Å². The van der Waals surface area contributed by atoms with E-state index in [0.29, 0.717) is 11.1 Å². The number of nitrogens with zero attached hydrogens (tertiary/aromatic N) is 1. The van der Waals surface area contributed by atoms with Gasteiger partial charge in [-0.2, -0.15) is 0 Å². The lowest BCUT2D eigenvalue weighted by Crippen LogP contribution is -2.25. The molecule has 1 aromatic heterocycles. The molecule has 0 unspecified atom stereocenters. The van der Waals surface area contributed by atoms with Crippen LogP contribution in [0.15, 0.2) is 29.1 Å². The zero-order chi connectivity index (χ0) is 17.6. The van der Waals surface area contributed by atoms with E-state index in [9.17, 15) is 14.7 Å². The number of carbonyl (C=O) groups is 1. The van der Waals surface area contributed by atoms with Gasteiger partial charge in [-0.15, -0.1) is 0 Å². The molecule has 1 atom stereocenters. The fourth-order valence-electron chi connectivity index (χ4n) is 3.83. The normalized spacial score (nSPS) is 20.3. The van der Waals surface area contributed by atoms with Gasteiger partial charge in [-0.1, -0.05) is 37.5 Å². The van der Waals surface area contributed by atoms with Crippen LogP contribution in [0, 0.1) is 4.77 Å². The van der Waals surface area contributed by atoms with E-state index in [4.69, 9.17) is 17.0 Å². The molecule has 0 saturated heterocycles. The number of rotatable bonds is 2. The zero-order valence-corrected chi connectivity index (χ0v) is 14.3. The first-order valence-corrected chi connectivity index (χ1v) is 8.86. The Morgan fingerprint density at radius 1 is 1.16 bits per heavy atom. The van der Waals surface area contributed by atoms with E-state index in [-0.39, 0.29) is 22.3 Å². The molecule has 1 saturated carbocycles. The molecule has 1 aliphatic carbocycles. The predicted molar refractivity (Wildman–Crippen MR) is 93.4 cm³/mol. The number of esters is 1. The third kappa shape index (κ3) is 2.59. The Balaban J connectivity index is 1.88. The molecular weight excluding hydrogens is 340 g/mol. The van der Waals surface area contributed by atoms with E-state index >= 15 is 0 Å². The number of fused-ring (bicyclic) bond motifs is 1. The van der Waals surface area contributed by atoms with E-state index in [1.165, 1.54) is 0 Å². The molecule has 1 aromatic carbocycles. The number of hydrogen-bond donors (Lipinski definition) is 2. The summed E-state index contributed by atoms with van der Waals surface area (Å²) in [5.74, 6) is -0.693. The van der Waals surface area contributed by atoms with E-state index in [0.717, 1.165) is 32.1 Å². The molecular formula is C18H18N2O4S. The summed E-state index contributed by atoms with van der Waals surface area (Å²) in [6.07, 6.45) is 4.15. The largest absolute Gasteiger partial charge is 0.494 e. The zero-order valence-electron chi connectivity index (χ0n) is 13.5. The van der Waals surface area contributed by atoms with Crippen molar-refractivity contribution in [3.05, 3.63) is 56.1 Å². The van der Waals surface area contributed by atoms with Gasteiger partial charge in [0.05, 0.1) is 5.56 Å². The molecule has 0 radical (unpaired) electrons. The number of aromatic nitrogens is 2. The van der Waals surface area contributed by atoms with Crippen LogP contribution in [0.3, 0.4) is 0 Å². The molecule has 2 N–H and O–H groups in total. The number of hydrogen-bond acceptors (Lipinski definition) is 5. The second-order valence-electron chi connectivity index (χ2n) is 6.53. The van der Waals surface area contributed by atoms with Crippen molar-refractivity contribution in [1.29, 1.82) is 0 Å². The van der Waals surface area contributed by atoms with Gasteiger partial charge in [0.2, 0.25) is 5.88 Å². The Morgan fingerprint density at radius 2 is 1.88 bits per heavy atom. The molecule has 25 heavy (non-hydrogen) atoms. The summed E-state index contributed by atoms with van der Waals surface area (Å²) >= 11 is 5.28. The topological polar surface area (TPSA) is 84.3 Å². The van der Waals surface area contributed by atoms with Crippen LogP contribution in [-0.4, -0.2) is 20.6 Å². The molecule has 0 spiro atoms. The predicted octanol–water partition coefficient (Wildman–Crippen LogP) is 3.38. The summed E-state index contributed by atoms with van der Waals surface area (Å²) in [5, 5.41) is 10.9. The number of aromatic hydroxyl groups is 1. The van der Waals surface area contributed by atoms with Crippen LogP contribution < -0.4 is 5.56 Å². The highest BCUT2D eigenvalue weighted by Gasteiger charge is 2.37. The molecule has 7 heteroatoms. The summed E-state index contributed by atoms with van der Waals surface area (Å²) in [4.78, 5) is 27.2. The van der Waals surface area contributed by atoms with Crippen LogP contribution in [-0.2, 0) is 4.74 Å². The minimum Gasteiger partial charge on any atom is -0.494 e.